The third-order valence-corrected chi connectivity index (χ3v) is 4.46. The van der Waals surface area contributed by atoms with Crippen LogP contribution in [0.25, 0.3) is 0 Å². The molecule has 0 atom stereocenters. The lowest BCUT2D eigenvalue weighted by Crippen LogP contribution is -2.29. The lowest BCUT2D eigenvalue weighted by Gasteiger charge is -2.27. The quantitative estimate of drug-likeness (QED) is 0.768. The van der Waals surface area contributed by atoms with E-state index in [9.17, 15) is 9.90 Å². The summed E-state index contributed by atoms with van der Waals surface area (Å²) in [6.45, 7) is 5.36. The molecule has 1 saturated carbocycles. The Morgan fingerprint density at radius 1 is 1.45 bits per heavy atom. The molecule has 1 N–H and O–H groups in total. The van der Waals surface area contributed by atoms with Gasteiger partial charge >= 0.3 is 5.97 Å². The Balaban J connectivity index is 2.34. The van der Waals surface area contributed by atoms with E-state index < -0.39 is 5.97 Å². The molecular weight excluding hydrogens is 270 g/mol. The Hall–Kier alpha value is -1.16. The van der Waals surface area contributed by atoms with Crippen molar-refractivity contribution >= 4 is 23.4 Å². The highest BCUT2D eigenvalue weighted by molar-refractivity contribution is 7.98. The maximum absolute atomic E-state index is 11.6. The number of benzene rings is 1. The van der Waals surface area contributed by atoms with Gasteiger partial charge in [-0.2, -0.15) is 0 Å². The molecule has 0 unspecified atom stereocenters. The summed E-state index contributed by atoms with van der Waals surface area (Å²) in [4.78, 5) is 14.8. The summed E-state index contributed by atoms with van der Waals surface area (Å²) in [6, 6.07) is 6.36. The first-order chi connectivity index (χ1) is 9.54. The van der Waals surface area contributed by atoms with E-state index in [-0.39, 0.29) is 0 Å². The standard InChI is InChI=1S/C16H23NO2S/c1-11(2)9-10-17(12-7-8-12)13-5-4-6-14(20-3)15(13)16(18)19/h4-6,11-12H,7-10H2,1-3H3,(H,18,19). The van der Waals surface area contributed by atoms with Gasteiger partial charge in [0, 0.05) is 17.5 Å². The monoisotopic (exact) mass is 293 g/mol. The van der Waals surface area contributed by atoms with Crippen molar-refractivity contribution in [3.05, 3.63) is 23.8 Å². The van der Waals surface area contributed by atoms with Crippen molar-refractivity contribution in [3.63, 3.8) is 0 Å². The van der Waals surface area contributed by atoms with Gasteiger partial charge in [0.2, 0.25) is 0 Å². The van der Waals surface area contributed by atoms with Crippen molar-refractivity contribution in [2.45, 2.75) is 44.0 Å². The van der Waals surface area contributed by atoms with Gasteiger partial charge in [0.1, 0.15) is 0 Å². The van der Waals surface area contributed by atoms with E-state index in [1.807, 2.05) is 24.5 Å². The molecule has 110 valence electrons. The van der Waals surface area contributed by atoms with Gasteiger partial charge in [-0.15, -0.1) is 11.8 Å². The molecule has 0 saturated heterocycles. The third kappa shape index (κ3) is 3.48. The summed E-state index contributed by atoms with van der Waals surface area (Å²) in [5.41, 5.74) is 1.36. The number of carboxylic acid groups (broad SMARTS) is 1. The van der Waals surface area contributed by atoms with Gasteiger partial charge in [0.15, 0.2) is 0 Å². The van der Waals surface area contributed by atoms with Gasteiger partial charge in [0.05, 0.1) is 11.3 Å². The number of hydrogen-bond acceptors (Lipinski definition) is 3. The smallest absolute Gasteiger partial charge is 0.338 e. The van der Waals surface area contributed by atoms with Crippen molar-refractivity contribution < 1.29 is 9.90 Å². The maximum Gasteiger partial charge on any atom is 0.338 e. The first kappa shape index (κ1) is 15.2. The molecule has 4 heteroatoms. The fourth-order valence-electron chi connectivity index (χ4n) is 2.43. The van der Waals surface area contributed by atoms with Crippen LogP contribution < -0.4 is 4.90 Å². The second-order valence-corrected chi connectivity index (χ2v) is 6.61. The van der Waals surface area contributed by atoms with E-state index in [0.717, 1.165) is 23.5 Å². The van der Waals surface area contributed by atoms with E-state index in [0.29, 0.717) is 17.5 Å². The molecule has 1 aliphatic rings. The molecule has 3 nitrogen and oxygen atoms in total. The minimum atomic E-state index is -0.819. The van der Waals surface area contributed by atoms with Crippen LogP contribution in [0.5, 0.6) is 0 Å². The Morgan fingerprint density at radius 3 is 2.65 bits per heavy atom. The first-order valence-electron chi connectivity index (χ1n) is 7.21. The van der Waals surface area contributed by atoms with Gasteiger partial charge in [-0.3, -0.25) is 0 Å². The molecule has 1 fully saturated rings. The Morgan fingerprint density at radius 2 is 2.15 bits per heavy atom. The van der Waals surface area contributed by atoms with Gasteiger partial charge in [0.25, 0.3) is 0 Å². The first-order valence-corrected chi connectivity index (χ1v) is 8.44. The summed E-state index contributed by atoms with van der Waals surface area (Å²) in [7, 11) is 0. The van der Waals surface area contributed by atoms with Crippen LogP contribution in [-0.4, -0.2) is 29.9 Å². The molecular formula is C16H23NO2S. The molecule has 20 heavy (non-hydrogen) atoms. The van der Waals surface area contributed by atoms with Gasteiger partial charge in [-0.05, 0) is 43.6 Å². The molecule has 1 aliphatic carbocycles. The second-order valence-electron chi connectivity index (χ2n) is 5.77. The van der Waals surface area contributed by atoms with E-state index in [1.54, 1.807) is 0 Å². The average Bonchev–Trinajstić information content (AvgIpc) is 3.22. The predicted octanol–water partition coefficient (Wildman–Crippen LogP) is 4.12. The molecule has 0 bridgehead atoms. The predicted molar refractivity (Wildman–Crippen MR) is 85.0 cm³/mol. The van der Waals surface area contributed by atoms with Crippen molar-refractivity contribution in [1.29, 1.82) is 0 Å². The number of rotatable bonds is 7. The summed E-state index contributed by atoms with van der Waals surface area (Å²) in [5.74, 6) is -0.187. The highest BCUT2D eigenvalue weighted by atomic mass is 32.2. The zero-order valence-corrected chi connectivity index (χ0v) is 13.2. The van der Waals surface area contributed by atoms with Crippen molar-refractivity contribution in [2.75, 3.05) is 17.7 Å². The largest absolute Gasteiger partial charge is 0.478 e. The number of carbonyl (C=O) groups is 1. The van der Waals surface area contributed by atoms with Gasteiger partial charge in [-0.1, -0.05) is 19.9 Å². The SMILES string of the molecule is CSc1cccc(N(CCC(C)C)C2CC2)c1C(=O)O. The van der Waals surface area contributed by atoms with Crippen LogP contribution in [0.15, 0.2) is 23.1 Å². The van der Waals surface area contributed by atoms with Gasteiger partial charge in [-0.25, -0.2) is 4.79 Å². The third-order valence-electron chi connectivity index (χ3n) is 3.68. The van der Waals surface area contributed by atoms with E-state index >= 15 is 0 Å². The van der Waals surface area contributed by atoms with Gasteiger partial charge < -0.3 is 10.0 Å². The van der Waals surface area contributed by atoms with Crippen LogP contribution in [-0.2, 0) is 0 Å². The van der Waals surface area contributed by atoms with Crippen LogP contribution in [0.1, 0.15) is 43.5 Å². The highest BCUT2D eigenvalue weighted by Gasteiger charge is 2.32. The van der Waals surface area contributed by atoms with Crippen molar-refractivity contribution in [1.82, 2.24) is 0 Å². The zero-order valence-electron chi connectivity index (χ0n) is 12.4. The summed E-state index contributed by atoms with van der Waals surface area (Å²) < 4.78 is 0. The average molecular weight is 293 g/mol. The zero-order chi connectivity index (χ0) is 14.7. The second kappa shape index (κ2) is 6.53. The lowest BCUT2D eigenvalue weighted by molar-refractivity contribution is 0.0694. The fraction of sp³-hybridized carbons (Fsp3) is 0.562. The van der Waals surface area contributed by atoms with Crippen LogP contribution in [0.4, 0.5) is 5.69 Å². The van der Waals surface area contributed by atoms with Crippen molar-refractivity contribution in [3.8, 4) is 0 Å². The number of thioether (sulfide) groups is 1. The fourth-order valence-corrected chi connectivity index (χ4v) is 3.04. The van der Waals surface area contributed by atoms with Crippen molar-refractivity contribution in [2.24, 2.45) is 5.92 Å². The molecule has 0 aromatic heterocycles. The lowest BCUT2D eigenvalue weighted by atomic mass is 10.1. The van der Waals surface area contributed by atoms with Crippen LogP contribution in [0, 0.1) is 5.92 Å². The summed E-state index contributed by atoms with van der Waals surface area (Å²) in [5, 5.41) is 9.57. The number of aromatic carboxylic acids is 1. The molecule has 0 spiro atoms. The highest BCUT2D eigenvalue weighted by Crippen LogP contribution is 2.37. The number of hydrogen-bond donors (Lipinski definition) is 1. The van der Waals surface area contributed by atoms with E-state index in [2.05, 4.69) is 18.7 Å². The minimum absolute atomic E-state index is 0.468. The van der Waals surface area contributed by atoms with E-state index in [1.165, 1.54) is 24.6 Å². The van der Waals surface area contributed by atoms with Crippen LogP contribution in [0.2, 0.25) is 0 Å². The maximum atomic E-state index is 11.6. The Bertz CT molecular complexity index is 483. The molecule has 2 rings (SSSR count). The number of nitrogens with zero attached hydrogens (tertiary/aromatic N) is 1. The number of anilines is 1. The molecule has 1 aromatic carbocycles. The Kier molecular flexibility index (Phi) is 4.97. The summed E-state index contributed by atoms with van der Waals surface area (Å²) in [6.07, 6.45) is 5.39. The molecule has 0 radical (unpaired) electrons. The van der Waals surface area contributed by atoms with Crippen LogP contribution in [0.3, 0.4) is 0 Å². The normalized spacial score (nSPS) is 14.6. The molecule has 0 heterocycles. The molecule has 0 amide bonds. The minimum Gasteiger partial charge on any atom is -0.478 e. The summed E-state index contributed by atoms with van der Waals surface area (Å²) >= 11 is 1.50. The molecule has 0 aliphatic heterocycles. The topological polar surface area (TPSA) is 40.5 Å². The van der Waals surface area contributed by atoms with E-state index in [4.69, 9.17) is 0 Å². The van der Waals surface area contributed by atoms with Crippen LogP contribution >= 0.6 is 11.8 Å². The number of carboxylic acids is 1. The molecule has 1 aromatic rings. The Labute approximate surface area is 125 Å².